The summed E-state index contributed by atoms with van der Waals surface area (Å²) in [5, 5.41) is 5.44. The van der Waals surface area contributed by atoms with Crippen molar-refractivity contribution in [2.75, 3.05) is 0 Å². The molecule has 3 rings (SSSR count). The monoisotopic (exact) mass is 410 g/mol. The Balaban J connectivity index is 1.54. The third-order valence-corrected chi connectivity index (χ3v) is 5.61. The fourth-order valence-corrected chi connectivity index (χ4v) is 3.54. The van der Waals surface area contributed by atoms with Crippen LogP contribution in [0.1, 0.15) is 56.8 Å². The van der Waals surface area contributed by atoms with Crippen molar-refractivity contribution in [1.29, 1.82) is 0 Å². The van der Waals surface area contributed by atoms with Gasteiger partial charge in [-0.25, -0.2) is 4.98 Å². The van der Waals surface area contributed by atoms with E-state index in [9.17, 15) is 22.8 Å². The molecule has 2 aromatic rings. The van der Waals surface area contributed by atoms with E-state index >= 15 is 0 Å². The minimum atomic E-state index is -4.34. The van der Waals surface area contributed by atoms with Crippen molar-refractivity contribution < 1.29 is 22.8 Å². The van der Waals surface area contributed by atoms with Crippen molar-refractivity contribution in [3.05, 3.63) is 29.6 Å². The molecule has 0 atom stereocenters. The quantitative estimate of drug-likeness (QED) is 0.620. The minimum Gasteiger partial charge on any atom is -0.352 e. The molecule has 6 nitrogen and oxygen atoms in total. The summed E-state index contributed by atoms with van der Waals surface area (Å²) in [6.45, 7) is 2.47. The molecule has 0 spiro atoms. The smallest absolute Gasteiger partial charge is 0.352 e. The summed E-state index contributed by atoms with van der Waals surface area (Å²) in [6, 6.07) is 5.32. The van der Waals surface area contributed by atoms with Gasteiger partial charge in [0.1, 0.15) is 5.82 Å². The second-order valence-electron chi connectivity index (χ2n) is 7.60. The first-order valence-electron chi connectivity index (χ1n) is 9.80. The summed E-state index contributed by atoms with van der Waals surface area (Å²) in [6.07, 6.45) is -2.29. The van der Waals surface area contributed by atoms with E-state index in [0.717, 1.165) is 42.3 Å². The van der Waals surface area contributed by atoms with Crippen LogP contribution < -0.4 is 10.6 Å². The molecule has 1 aromatic heterocycles. The number of halogens is 3. The number of H-pyrrole nitrogens is 1. The highest BCUT2D eigenvalue weighted by Crippen LogP contribution is 2.43. The molecule has 1 saturated carbocycles. The first-order valence-corrected chi connectivity index (χ1v) is 9.80. The molecule has 0 aliphatic heterocycles. The molecule has 29 heavy (non-hydrogen) atoms. The first-order chi connectivity index (χ1) is 13.7. The summed E-state index contributed by atoms with van der Waals surface area (Å²) >= 11 is 0. The Morgan fingerprint density at radius 3 is 2.59 bits per heavy atom. The van der Waals surface area contributed by atoms with E-state index in [1.807, 2.05) is 6.92 Å². The molecule has 1 fully saturated rings. The lowest BCUT2D eigenvalue weighted by atomic mass is 9.66. The van der Waals surface area contributed by atoms with Gasteiger partial charge in [-0.3, -0.25) is 9.59 Å². The molecule has 158 valence electrons. The molecule has 1 aromatic carbocycles. The predicted molar refractivity (Wildman–Crippen MR) is 102 cm³/mol. The summed E-state index contributed by atoms with van der Waals surface area (Å²) < 4.78 is 36.5. The van der Waals surface area contributed by atoms with Gasteiger partial charge in [0.2, 0.25) is 11.8 Å². The van der Waals surface area contributed by atoms with Crippen molar-refractivity contribution in [2.24, 2.45) is 5.41 Å². The zero-order chi connectivity index (χ0) is 21.1. The molecule has 0 radical (unpaired) electrons. The van der Waals surface area contributed by atoms with Crippen molar-refractivity contribution in [3.8, 4) is 0 Å². The maximum Gasteiger partial charge on any atom is 0.389 e. The number of hydrogen-bond acceptors (Lipinski definition) is 3. The van der Waals surface area contributed by atoms with Crippen LogP contribution in [0.2, 0.25) is 0 Å². The molecular formula is C20H25F3N4O2. The number of imidazole rings is 1. The van der Waals surface area contributed by atoms with Gasteiger partial charge in [-0.2, -0.15) is 13.2 Å². The summed E-state index contributed by atoms with van der Waals surface area (Å²) in [5.41, 5.74) is 1.97. The first kappa shape index (κ1) is 21.1. The SMILES string of the molecule is CCC1(C(=O)NCc2nc3ccc(CNC(=O)CCC(F)(F)F)cc3[nH]2)CCC1. The third kappa shape index (κ3) is 5.27. The predicted octanol–water partition coefficient (Wildman–Crippen LogP) is 3.72. The number of aromatic nitrogens is 2. The fraction of sp³-hybridized carbons (Fsp3) is 0.550. The maximum absolute atomic E-state index is 12.4. The van der Waals surface area contributed by atoms with Crippen LogP contribution in [0.15, 0.2) is 18.2 Å². The van der Waals surface area contributed by atoms with Gasteiger partial charge in [-0.15, -0.1) is 0 Å². The molecule has 1 aliphatic carbocycles. The number of nitrogens with one attached hydrogen (secondary N) is 3. The Morgan fingerprint density at radius 1 is 1.21 bits per heavy atom. The second kappa shape index (κ2) is 8.42. The summed E-state index contributed by atoms with van der Waals surface area (Å²) in [4.78, 5) is 31.6. The number of nitrogens with zero attached hydrogens (tertiary/aromatic N) is 1. The number of alkyl halides is 3. The fourth-order valence-electron chi connectivity index (χ4n) is 3.54. The van der Waals surface area contributed by atoms with Gasteiger partial charge in [0.15, 0.2) is 0 Å². The van der Waals surface area contributed by atoms with Crippen LogP contribution >= 0.6 is 0 Å². The van der Waals surface area contributed by atoms with Gasteiger partial charge < -0.3 is 15.6 Å². The molecule has 2 amide bonds. The van der Waals surface area contributed by atoms with Crippen LogP contribution in [0.5, 0.6) is 0 Å². The largest absolute Gasteiger partial charge is 0.389 e. The van der Waals surface area contributed by atoms with Crippen LogP contribution in [0.25, 0.3) is 11.0 Å². The van der Waals surface area contributed by atoms with Gasteiger partial charge in [-0.05, 0) is 37.0 Å². The summed E-state index contributed by atoms with van der Waals surface area (Å²) in [7, 11) is 0. The number of carbonyl (C=O) groups is 2. The normalized spacial score (nSPS) is 15.7. The van der Waals surface area contributed by atoms with E-state index in [-0.39, 0.29) is 17.9 Å². The Morgan fingerprint density at radius 2 is 1.97 bits per heavy atom. The van der Waals surface area contributed by atoms with Crippen molar-refractivity contribution in [2.45, 2.75) is 64.7 Å². The van der Waals surface area contributed by atoms with Crippen molar-refractivity contribution in [3.63, 3.8) is 0 Å². The number of amides is 2. The lowest BCUT2D eigenvalue weighted by Crippen LogP contribution is -2.45. The number of benzene rings is 1. The Labute approximate surface area is 166 Å². The van der Waals surface area contributed by atoms with Crippen LogP contribution in [-0.2, 0) is 22.7 Å². The van der Waals surface area contributed by atoms with E-state index in [2.05, 4.69) is 20.6 Å². The van der Waals surface area contributed by atoms with Crippen LogP contribution in [-0.4, -0.2) is 28.0 Å². The highest BCUT2D eigenvalue weighted by Gasteiger charge is 2.42. The average Bonchev–Trinajstić information content (AvgIpc) is 3.04. The maximum atomic E-state index is 12.4. The number of hydrogen-bond donors (Lipinski definition) is 3. The van der Waals surface area contributed by atoms with E-state index in [1.165, 1.54) is 0 Å². The van der Waals surface area contributed by atoms with E-state index in [4.69, 9.17) is 0 Å². The zero-order valence-electron chi connectivity index (χ0n) is 16.3. The van der Waals surface area contributed by atoms with E-state index < -0.39 is 24.9 Å². The number of carbonyl (C=O) groups excluding carboxylic acids is 2. The van der Waals surface area contributed by atoms with Gasteiger partial charge in [0, 0.05) is 18.4 Å². The van der Waals surface area contributed by atoms with E-state index in [1.54, 1.807) is 18.2 Å². The highest BCUT2D eigenvalue weighted by atomic mass is 19.4. The molecule has 3 N–H and O–H groups in total. The van der Waals surface area contributed by atoms with E-state index in [0.29, 0.717) is 12.4 Å². The topological polar surface area (TPSA) is 86.9 Å². The average molecular weight is 410 g/mol. The molecule has 1 aliphatic rings. The standard InChI is InChI=1S/C20H25F3N4O2/c1-2-19(7-3-8-19)18(29)25-12-16-26-14-5-4-13(10-15(14)27-16)11-24-17(28)6-9-20(21,22)23/h4-5,10H,2-3,6-9,11-12H2,1H3,(H,24,28)(H,25,29)(H,26,27). The second-order valence-corrected chi connectivity index (χ2v) is 7.60. The van der Waals surface area contributed by atoms with Crippen LogP contribution in [0.3, 0.4) is 0 Å². The van der Waals surface area contributed by atoms with Crippen molar-refractivity contribution in [1.82, 2.24) is 20.6 Å². The van der Waals surface area contributed by atoms with Crippen molar-refractivity contribution >= 4 is 22.8 Å². The third-order valence-electron chi connectivity index (χ3n) is 5.61. The molecule has 0 bridgehead atoms. The summed E-state index contributed by atoms with van der Waals surface area (Å²) in [5.74, 6) is 0.0514. The van der Waals surface area contributed by atoms with Gasteiger partial charge >= 0.3 is 6.18 Å². The molecule has 1 heterocycles. The Bertz CT molecular complexity index is 882. The lowest BCUT2D eigenvalue weighted by Gasteiger charge is -2.39. The zero-order valence-corrected chi connectivity index (χ0v) is 16.3. The van der Waals surface area contributed by atoms with Gasteiger partial charge in [0.05, 0.1) is 24.0 Å². The minimum absolute atomic E-state index is 0.0639. The Kier molecular flexibility index (Phi) is 6.14. The number of fused-ring (bicyclic) bond motifs is 1. The van der Waals surface area contributed by atoms with Gasteiger partial charge in [0.25, 0.3) is 0 Å². The highest BCUT2D eigenvalue weighted by molar-refractivity contribution is 5.83. The molecule has 0 unspecified atom stereocenters. The van der Waals surface area contributed by atoms with Gasteiger partial charge in [-0.1, -0.05) is 19.4 Å². The molecular weight excluding hydrogens is 385 g/mol. The number of rotatable bonds is 8. The number of aromatic amines is 1. The molecule has 9 heteroatoms. The Hall–Kier alpha value is -2.58. The lowest BCUT2D eigenvalue weighted by molar-refractivity contribution is -0.144. The molecule has 0 saturated heterocycles. The van der Waals surface area contributed by atoms with Crippen LogP contribution in [0, 0.1) is 5.41 Å². The van der Waals surface area contributed by atoms with Crippen LogP contribution in [0.4, 0.5) is 13.2 Å².